The molecule has 0 bridgehead atoms. The van der Waals surface area contributed by atoms with Crippen molar-refractivity contribution in [3.05, 3.63) is 29.6 Å². The number of aliphatic hydroxyl groups is 1. The van der Waals surface area contributed by atoms with Gasteiger partial charge in [-0.25, -0.2) is 4.98 Å². The van der Waals surface area contributed by atoms with Crippen LogP contribution in [-0.4, -0.2) is 22.2 Å². The molecule has 1 heterocycles. The van der Waals surface area contributed by atoms with Crippen LogP contribution in [-0.2, 0) is 0 Å². The van der Waals surface area contributed by atoms with Gasteiger partial charge in [-0.2, -0.15) is 5.26 Å². The first-order valence-corrected chi connectivity index (χ1v) is 5.22. The van der Waals surface area contributed by atoms with Gasteiger partial charge in [-0.3, -0.25) is 0 Å². The van der Waals surface area contributed by atoms with E-state index in [4.69, 9.17) is 5.26 Å². The molecule has 0 radical (unpaired) electrons. The Hall–Kier alpha value is -1.44. The topological polar surface area (TPSA) is 68.9 Å². The second kappa shape index (κ2) is 5.06. The molecule has 2 N–H and O–H groups in total. The van der Waals surface area contributed by atoms with Crippen molar-refractivity contribution in [1.29, 1.82) is 5.26 Å². The van der Waals surface area contributed by atoms with E-state index in [-0.39, 0.29) is 5.54 Å². The van der Waals surface area contributed by atoms with Gasteiger partial charge < -0.3 is 10.4 Å². The van der Waals surface area contributed by atoms with Crippen molar-refractivity contribution in [2.45, 2.75) is 32.4 Å². The molecular formula is C12H17N3O. The number of pyridine rings is 1. The van der Waals surface area contributed by atoms with Crippen LogP contribution in [0, 0.1) is 11.3 Å². The Balaban J connectivity index is 2.66. The Kier molecular flexibility index (Phi) is 3.99. The molecule has 0 unspecified atom stereocenters. The van der Waals surface area contributed by atoms with Crippen molar-refractivity contribution < 1.29 is 5.11 Å². The van der Waals surface area contributed by atoms with E-state index in [1.165, 1.54) is 0 Å². The number of rotatable bonds is 3. The minimum Gasteiger partial charge on any atom is -0.385 e. The number of hydrogen-bond donors (Lipinski definition) is 2. The highest BCUT2D eigenvalue weighted by molar-refractivity contribution is 5.23. The Bertz CT molecular complexity index is 390. The highest BCUT2D eigenvalue weighted by Gasteiger charge is 2.14. The second-order valence-corrected chi connectivity index (χ2v) is 4.71. The van der Waals surface area contributed by atoms with Crippen molar-refractivity contribution in [1.82, 2.24) is 10.3 Å². The van der Waals surface area contributed by atoms with E-state index >= 15 is 0 Å². The van der Waals surface area contributed by atoms with Crippen LogP contribution in [0.3, 0.4) is 0 Å². The molecule has 0 aromatic carbocycles. The minimum atomic E-state index is -0.687. The molecule has 0 aliphatic carbocycles. The first-order chi connectivity index (χ1) is 7.42. The third kappa shape index (κ3) is 3.97. The second-order valence-electron chi connectivity index (χ2n) is 4.71. The number of nitrogens with one attached hydrogen (secondary N) is 1. The van der Waals surface area contributed by atoms with Crippen LogP contribution in [0.5, 0.6) is 0 Å². The van der Waals surface area contributed by atoms with Gasteiger partial charge in [0.2, 0.25) is 0 Å². The van der Waals surface area contributed by atoms with Gasteiger partial charge in [-0.15, -0.1) is 0 Å². The summed E-state index contributed by atoms with van der Waals surface area (Å²) in [6.45, 7) is 6.50. The summed E-state index contributed by atoms with van der Waals surface area (Å²) in [4.78, 5) is 4.04. The van der Waals surface area contributed by atoms with Gasteiger partial charge >= 0.3 is 0 Å². The lowest BCUT2D eigenvalue weighted by Crippen LogP contribution is -2.38. The molecule has 0 aliphatic heterocycles. The number of nitrogens with zero attached hydrogens (tertiary/aromatic N) is 2. The molecule has 1 aromatic heterocycles. The molecule has 0 amide bonds. The lowest BCUT2D eigenvalue weighted by atomic mass is 10.1. The van der Waals surface area contributed by atoms with Gasteiger partial charge in [0.05, 0.1) is 5.69 Å². The summed E-state index contributed by atoms with van der Waals surface area (Å²) in [5.41, 5.74) is 0.802. The molecule has 0 fully saturated rings. The van der Waals surface area contributed by atoms with Gasteiger partial charge in [0.25, 0.3) is 0 Å². The summed E-state index contributed by atoms with van der Waals surface area (Å²) in [6, 6.07) is 7.01. The van der Waals surface area contributed by atoms with Gasteiger partial charge in [0.15, 0.2) is 0 Å². The smallest absolute Gasteiger partial charge is 0.140 e. The van der Waals surface area contributed by atoms with Crippen molar-refractivity contribution in [2.75, 3.05) is 6.54 Å². The lowest BCUT2D eigenvalue weighted by molar-refractivity contribution is 0.159. The van der Waals surface area contributed by atoms with E-state index in [9.17, 15) is 5.11 Å². The first kappa shape index (κ1) is 12.6. The van der Waals surface area contributed by atoms with Crippen LogP contribution in [0.2, 0.25) is 0 Å². The van der Waals surface area contributed by atoms with E-state index in [2.05, 4.69) is 10.3 Å². The molecule has 1 aromatic rings. The molecule has 0 saturated carbocycles. The van der Waals surface area contributed by atoms with Crippen molar-refractivity contribution in [3.63, 3.8) is 0 Å². The molecule has 86 valence electrons. The fourth-order valence-corrected chi connectivity index (χ4v) is 1.21. The summed E-state index contributed by atoms with van der Waals surface area (Å²) >= 11 is 0. The standard InChI is InChI=1S/C12H17N3O/c1-12(2,3)14-8-11(16)10-6-4-5-9(7-13)15-10/h4-6,11,14,16H,8H2,1-3H3/t11-/m1/s1. The Morgan fingerprint density at radius 1 is 1.50 bits per heavy atom. The van der Waals surface area contributed by atoms with Gasteiger partial charge in [-0.05, 0) is 32.9 Å². The van der Waals surface area contributed by atoms with Gasteiger partial charge in [0, 0.05) is 12.1 Å². The summed E-state index contributed by atoms with van der Waals surface area (Å²) in [6.07, 6.45) is -0.687. The molecule has 0 spiro atoms. The van der Waals surface area contributed by atoms with Crippen molar-refractivity contribution in [3.8, 4) is 6.07 Å². The van der Waals surface area contributed by atoms with Gasteiger partial charge in [0.1, 0.15) is 17.9 Å². The number of nitriles is 1. The zero-order valence-electron chi connectivity index (χ0n) is 9.86. The molecule has 16 heavy (non-hydrogen) atoms. The van der Waals surface area contributed by atoms with Crippen LogP contribution >= 0.6 is 0 Å². The monoisotopic (exact) mass is 219 g/mol. The van der Waals surface area contributed by atoms with Crippen molar-refractivity contribution >= 4 is 0 Å². The van der Waals surface area contributed by atoms with E-state index in [1.54, 1.807) is 18.2 Å². The normalized spacial score (nSPS) is 13.2. The van der Waals surface area contributed by atoms with Crippen LogP contribution in [0.25, 0.3) is 0 Å². The number of hydrogen-bond acceptors (Lipinski definition) is 4. The fraction of sp³-hybridized carbons (Fsp3) is 0.500. The fourth-order valence-electron chi connectivity index (χ4n) is 1.21. The largest absolute Gasteiger partial charge is 0.385 e. The Labute approximate surface area is 95.9 Å². The van der Waals surface area contributed by atoms with Crippen LogP contribution in [0.15, 0.2) is 18.2 Å². The maximum atomic E-state index is 9.87. The Morgan fingerprint density at radius 2 is 2.19 bits per heavy atom. The molecule has 4 nitrogen and oxygen atoms in total. The summed E-state index contributed by atoms with van der Waals surface area (Å²) in [5.74, 6) is 0. The third-order valence-electron chi connectivity index (χ3n) is 2.05. The summed E-state index contributed by atoms with van der Waals surface area (Å²) < 4.78 is 0. The minimum absolute atomic E-state index is 0.0478. The van der Waals surface area contributed by atoms with Crippen LogP contribution < -0.4 is 5.32 Å². The zero-order valence-corrected chi connectivity index (χ0v) is 9.86. The van der Waals surface area contributed by atoms with E-state index in [0.717, 1.165) is 0 Å². The molecular weight excluding hydrogens is 202 g/mol. The summed E-state index contributed by atoms with van der Waals surface area (Å²) in [7, 11) is 0. The van der Waals surface area contributed by atoms with Crippen LogP contribution in [0.4, 0.5) is 0 Å². The van der Waals surface area contributed by atoms with Crippen LogP contribution in [0.1, 0.15) is 38.3 Å². The van der Waals surface area contributed by atoms with E-state index < -0.39 is 6.10 Å². The highest BCUT2D eigenvalue weighted by atomic mass is 16.3. The first-order valence-electron chi connectivity index (χ1n) is 5.22. The molecule has 1 atom stereocenters. The third-order valence-corrected chi connectivity index (χ3v) is 2.05. The molecule has 4 heteroatoms. The maximum absolute atomic E-state index is 9.87. The van der Waals surface area contributed by atoms with Crippen molar-refractivity contribution in [2.24, 2.45) is 0 Å². The van der Waals surface area contributed by atoms with Gasteiger partial charge in [-0.1, -0.05) is 6.07 Å². The predicted molar refractivity (Wildman–Crippen MR) is 61.7 cm³/mol. The Morgan fingerprint density at radius 3 is 2.75 bits per heavy atom. The average molecular weight is 219 g/mol. The molecule has 0 saturated heterocycles. The maximum Gasteiger partial charge on any atom is 0.140 e. The average Bonchev–Trinajstić information content (AvgIpc) is 2.25. The van der Waals surface area contributed by atoms with E-state index in [0.29, 0.717) is 17.9 Å². The molecule has 0 aliphatic rings. The summed E-state index contributed by atoms with van der Waals surface area (Å²) in [5, 5.41) is 21.7. The lowest BCUT2D eigenvalue weighted by Gasteiger charge is -2.22. The number of aliphatic hydroxyl groups excluding tert-OH is 1. The van der Waals surface area contributed by atoms with E-state index in [1.807, 2.05) is 26.8 Å². The quantitative estimate of drug-likeness (QED) is 0.805. The predicted octanol–water partition coefficient (Wildman–Crippen LogP) is 1.37. The number of aromatic nitrogens is 1. The molecule has 1 rings (SSSR count). The SMILES string of the molecule is CC(C)(C)NC[C@@H](O)c1cccc(C#N)n1. The highest BCUT2D eigenvalue weighted by Crippen LogP contribution is 2.11. The number of β-amino-alcohol motifs (C(OH)–C–C–N with tert-alkyl or cyclic N) is 1. The zero-order chi connectivity index (χ0) is 12.2.